The lowest BCUT2D eigenvalue weighted by molar-refractivity contribution is -0.126. The summed E-state index contributed by atoms with van der Waals surface area (Å²) in [5.74, 6) is 2.08. The van der Waals surface area contributed by atoms with Gasteiger partial charge in [0.15, 0.2) is 5.16 Å². The Kier molecular flexibility index (Phi) is 5.92. The molecule has 0 atom stereocenters. The molecule has 1 aliphatic heterocycles. The number of rotatable bonds is 7. The topological polar surface area (TPSA) is 76.2 Å². The van der Waals surface area contributed by atoms with E-state index in [0.717, 1.165) is 49.1 Å². The fourth-order valence-electron chi connectivity index (χ4n) is 2.84. The van der Waals surface area contributed by atoms with Gasteiger partial charge in [0.2, 0.25) is 5.91 Å². The van der Waals surface area contributed by atoms with Crippen molar-refractivity contribution in [1.82, 2.24) is 25.0 Å². The molecule has 1 fully saturated rings. The number of thioether (sulfide) groups is 1. The molecule has 0 spiro atoms. The van der Waals surface area contributed by atoms with Crippen LogP contribution in [0.25, 0.3) is 0 Å². The first kappa shape index (κ1) is 17.0. The number of nitrogens with zero attached hydrogens (tertiary/aromatic N) is 4. The quantitative estimate of drug-likeness (QED) is 0.603. The lowest BCUT2D eigenvalue weighted by atomic mass is 9.96. The fraction of sp³-hybridized carbons (Fsp3) is 0.562. The van der Waals surface area contributed by atoms with E-state index >= 15 is 0 Å². The zero-order valence-electron chi connectivity index (χ0n) is 13.9. The number of carbonyl (C=O) groups excluding carboxylic acids is 1. The van der Waals surface area contributed by atoms with Crippen LogP contribution < -0.4 is 5.32 Å². The van der Waals surface area contributed by atoms with Crippen molar-refractivity contribution in [2.75, 3.05) is 25.4 Å². The van der Waals surface area contributed by atoms with Crippen LogP contribution in [0.3, 0.4) is 0 Å². The molecule has 130 valence electrons. The lowest BCUT2D eigenvalue weighted by Gasteiger charge is -2.30. The van der Waals surface area contributed by atoms with Crippen LogP contribution >= 0.6 is 11.8 Å². The van der Waals surface area contributed by atoms with E-state index in [2.05, 4.69) is 20.4 Å². The molecule has 7 nitrogen and oxygen atoms in total. The van der Waals surface area contributed by atoms with Gasteiger partial charge in [-0.25, -0.2) is 0 Å². The summed E-state index contributed by atoms with van der Waals surface area (Å²) >= 11 is 1.60. The molecule has 1 N–H and O–H groups in total. The molecule has 24 heavy (non-hydrogen) atoms. The van der Waals surface area contributed by atoms with E-state index in [1.165, 1.54) is 0 Å². The Morgan fingerprint density at radius 1 is 1.46 bits per heavy atom. The zero-order chi connectivity index (χ0) is 16.8. The zero-order valence-corrected chi connectivity index (χ0v) is 14.7. The molecular weight excluding hydrogens is 326 g/mol. The molecule has 3 heterocycles. The van der Waals surface area contributed by atoms with E-state index in [-0.39, 0.29) is 11.8 Å². The molecule has 1 aliphatic rings. The van der Waals surface area contributed by atoms with Crippen molar-refractivity contribution in [2.45, 2.75) is 24.5 Å². The summed E-state index contributed by atoms with van der Waals surface area (Å²) in [5.41, 5.74) is 0. The molecule has 1 saturated heterocycles. The third kappa shape index (κ3) is 4.61. The summed E-state index contributed by atoms with van der Waals surface area (Å²) in [6.07, 6.45) is 5.19. The Morgan fingerprint density at radius 2 is 2.29 bits per heavy atom. The molecule has 0 saturated carbocycles. The predicted octanol–water partition coefficient (Wildman–Crippen LogP) is 1.53. The van der Waals surface area contributed by atoms with Gasteiger partial charge in [0.05, 0.1) is 12.8 Å². The number of nitrogens with one attached hydrogen (secondary N) is 1. The van der Waals surface area contributed by atoms with Gasteiger partial charge >= 0.3 is 0 Å². The lowest BCUT2D eigenvalue weighted by Crippen LogP contribution is -2.40. The SMILES string of the molecule is Cn1cnnc1SCCNC(=O)C1CCN(Cc2ccco2)CC1. The molecule has 0 aliphatic carbocycles. The highest BCUT2D eigenvalue weighted by Gasteiger charge is 2.25. The number of amides is 1. The van der Waals surface area contributed by atoms with E-state index in [9.17, 15) is 4.79 Å². The number of hydrogen-bond acceptors (Lipinski definition) is 6. The summed E-state index contributed by atoms with van der Waals surface area (Å²) in [6, 6.07) is 3.90. The smallest absolute Gasteiger partial charge is 0.223 e. The van der Waals surface area contributed by atoms with Crippen LogP contribution in [-0.2, 0) is 18.4 Å². The average Bonchev–Trinajstić information content (AvgIpc) is 3.24. The summed E-state index contributed by atoms with van der Waals surface area (Å²) < 4.78 is 7.26. The first-order valence-electron chi connectivity index (χ1n) is 8.21. The third-order valence-corrected chi connectivity index (χ3v) is 5.26. The summed E-state index contributed by atoms with van der Waals surface area (Å²) in [5, 5.41) is 11.8. The average molecular weight is 349 g/mol. The number of furan rings is 1. The fourth-order valence-corrected chi connectivity index (χ4v) is 3.58. The Balaban J connectivity index is 1.32. The monoisotopic (exact) mass is 349 g/mol. The van der Waals surface area contributed by atoms with Crippen LogP contribution in [0.1, 0.15) is 18.6 Å². The van der Waals surface area contributed by atoms with Crippen molar-refractivity contribution in [3.63, 3.8) is 0 Å². The molecule has 2 aromatic rings. The van der Waals surface area contributed by atoms with Crippen LogP contribution in [-0.4, -0.2) is 51.0 Å². The van der Waals surface area contributed by atoms with Gasteiger partial charge in [-0.1, -0.05) is 11.8 Å². The maximum Gasteiger partial charge on any atom is 0.223 e. The summed E-state index contributed by atoms with van der Waals surface area (Å²) in [6.45, 7) is 3.36. The molecule has 1 amide bonds. The highest BCUT2D eigenvalue weighted by atomic mass is 32.2. The highest BCUT2D eigenvalue weighted by Crippen LogP contribution is 2.19. The number of carbonyl (C=O) groups is 1. The number of aryl methyl sites for hydroxylation is 1. The molecule has 0 radical (unpaired) electrons. The first-order valence-corrected chi connectivity index (χ1v) is 9.20. The largest absolute Gasteiger partial charge is 0.468 e. The van der Waals surface area contributed by atoms with Crippen molar-refractivity contribution < 1.29 is 9.21 Å². The van der Waals surface area contributed by atoms with Crippen molar-refractivity contribution in [1.29, 1.82) is 0 Å². The maximum atomic E-state index is 12.3. The van der Waals surface area contributed by atoms with E-state index in [1.807, 2.05) is 23.7 Å². The summed E-state index contributed by atoms with van der Waals surface area (Å²) in [7, 11) is 1.91. The van der Waals surface area contributed by atoms with Crippen molar-refractivity contribution in [2.24, 2.45) is 13.0 Å². The predicted molar refractivity (Wildman–Crippen MR) is 91.4 cm³/mol. The van der Waals surface area contributed by atoms with E-state index in [4.69, 9.17) is 4.42 Å². The van der Waals surface area contributed by atoms with Gasteiger partial charge in [0.1, 0.15) is 12.1 Å². The second-order valence-corrected chi connectivity index (χ2v) is 7.06. The highest BCUT2D eigenvalue weighted by molar-refractivity contribution is 7.99. The molecule has 2 aromatic heterocycles. The van der Waals surface area contributed by atoms with Crippen molar-refractivity contribution >= 4 is 17.7 Å². The second-order valence-electron chi connectivity index (χ2n) is 5.99. The van der Waals surface area contributed by atoms with Crippen molar-refractivity contribution in [3.8, 4) is 0 Å². The number of likely N-dealkylation sites (tertiary alicyclic amines) is 1. The Labute approximate surface area is 145 Å². The van der Waals surface area contributed by atoms with Gasteiger partial charge in [-0.15, -0.1) is 10.2 Å². The molecule has 0 bridgehead atoms. The molecule has 3 rings (SSSR count). The van der Waals surface area contributed by atoms with Crippen LogP contribution in [0, 0.1) is 5.92 Å². The van der Waals surface area contributed by atoms with Gasteiger partial charge in [-0.2, -0.15) is 0 Å². The van der Waals surface area contributed by atoms with E-state index in [1.54, 1.807) is 24.4 Å². The normalized spacial score (nSPS) is 16.4. The standard InChI is InChI=1S/C16H23N5O2S/c1-20-12-18-19-16(20)24-10-6-17-15(22)13-4-7-21(8-5-13)11-14-3-2-9-23-14/h2-3,9,12-13H,4-8,10-11H2,1H3,(H,17,22). The van der Waals surface area contributed by atoms with E-state index in [0.29, 0.717) is 6.54 Å². The minimum Gasteiger partial charge on any atom is -0.468 e. The Hall–Kier alpha value is -1.80. The van der Waals surface area contributed by atoms with Crippen LogP contribution in [0.15, 0.2) is 34.3 Å². The molecular formula is C16H23N5O2S. The van der Waals surface area contributed by atoms with Gasteiger partial charge in [-0.3, -0.25) is 9.69 Å². The molecule has 0 unspecified atom stereocenters. The number of hydrogen-bond donors (Lipinski definition) is 1. The van der Waals surface area contributed by atoms with Crippen molar-refractivity contribution in [3.05, 3.63) is 30.5 Å². The number of piperidine rings is 1. The van der Waals surface area contributed by atoms with Gasteiger partial charge in [0, 0.05) is 25.3 Å². The second kappa shape index (κ2) is 8.34. The minimum atomic E-state index is 0.123. The molecule has 0 aromatic carbocycles. The van der Waals surface area contributed by atoms with Crippen LogP contribution in [0.4, 0.5) is 0 Å². The van der Waals surface area contributed by atoms with Gasteiger partial charge in [-0.05, 0) is 38.1 Å². The van der Waals surface area contributed by atoms with Crippen LogP contribution in [0.5, 0.6) is 0 Å². The first-order chi connectivity index (χ1) is 11.7. The molecule has 8 heteroatoms. The van der Waals surface area contributed by atoms with Gasteiger partial charge in [0.25, 0.3) is 0 Å². The number of aromatic nitrogens is 3. The minimum absolute atomic E-state index is 0.123. The van der Waals surface area contributed by atoms with E-state index < -0.39 is 0 Å². The Bertz CT molecular complexity index is 635. The van der Waals surface area contributed by atoms with Gasteiger partial charge < -0.3 is 14.3 Å². The van der Waals surface area contributed by atoms with Crippen LogP contribution in [0.2, 0.25) is 0 Å². The third-order valence-electron chi connectivity index (χ3n) is 4.22. The summed E-state index contributed by atoms with van der Waals surface area (Å²) in [4.78, 5) is 14.6. The Morgan fingerprint density at radius 3 is 2.96 bits per heavy atom. The maximum absolute atomic E-state index is 12.3.